The minimum atomic E-state index is 0.614. The third kappa shape index (κ3) is 5.72. The number of thioether (sulfide) groups is 1. The lowest BCUT2D eigenvalue weighted by Crippen LogP contribution is -2.12. The second kappa shape index (κ2) is 11.4. The molecule has 34 heavy (non-hydrogen) atoms. The Kier molecular flexibility index (Phi) is 8.08. The summed E-state index contributed by atoms with van der Waals surface area (Å²) in [6, 6.07) is 18.8. The van der Waals surface area contributed by atoms with Gasteiger partial charge in [-0.15, -0.1) is 0 Å². The third-order valence-corrected chi connectivity index (χ3v) is 6.38. The second-order valence-electron chi connectivity index (χ2n) is 8.07. The van der Waals surface area contributed by atoms with Crippen molar-refractivity contribution in [2.45, 2.75) is 45.3 Å². The minimum Gasteiger partial charge on any atom is -0.380 e. The van der Waals surface area contributed by atoms with E-state index in [0.29, 0.717) is 19.8 Å². The molecule has 0 spiro atoms. The number of hydrogen-bond acceptors (Lipinski definition) is 6. The zero-order chi connectivity index (χ0) is 23.9. The van der Waals surface area contributed by atoms with Crippen molar-refractivity contribution in [2.24, 2.45) is 0 Å². The van der Waals surface area contributed by atoms with Crippen molar-refractivity contribution in [3.63, 3.8) is 0 Å². The van der Waals surface area contributed by atoms with E-state index in [1.54, 1.807) is 11.8 Å². The smallest absolute Gasteiger partial charge is 0.187 e. The summed E-state index contributed by atoms with van der Waals surface area (Å²) in [5.41, 5.74) is 6.65. The number of ether oxygens (including phenoxy) is 1. The molecule has 0 N–H and O–H groups in total. The first kappa shape index (κ1) is 24.1. The van der Waals surface area contributed by atoms with E-state index in [-0.39, 0.29) is 0 Å². The van der Waals surface area contributed by atoms with Gasteiger partial charge in [-0.05, 0) is 50.1 Å². The van der Waals surface area contributed by atoms with Crippen LogP contribution in [-0.4, -0.2) is 44.2 Å². The fourth-order valence-electron chi connectivity index (χ4n) is 4.00. The van der Waals surface area contributed by atoms with Crippen LogP contribution in [0.3, 0.4) is 0 Å². The lowest BCUT2D eigenvalue weighted by Gasteiger charge is -2.10. The molecular weight excluding hydrogens is 442 g/mol. The molecule has 0 aliphatic rings. The van der Waals surface area contributed by atoms with E-state index >= 15 is 0 Å². The van der Waals surface area contributed by atoms with E-state index < -0.39 is 0 Å². The van der Waals surface area contributed by atoms with Gasteiger partial charge in [-0.25, -0.2) is 19.6 Å². The maximum atomic E-state index is 5.59. The van der Waals surface area contributed by atoms with E-state index in [0.717, 1.165) is 46.6 Å². The van der Waals surface area contributed by atoms with Gasteiger partial charge in [-0.3, -0.25) is 0 Å². The first-order chi connectivity index (χ1) is 16.6. The molecule has 0 saturated heterocycles. The maximum absolute atomic E-state index is 5.59. The maximum Gasteiger partial charge on any atom is 0.187 e. The van der Waals surface area contributed by atoms with Gasteiger partial charge in [-0.1, -0.05) is 66.4 Å². The Labute approximate surface area is 205 Å². The molecule has 0 fully saturated rings. The average molecular weight is 474 g/mol. The molecule has 0 saturated carbocycles. The van der Waals surface area contributed by atoms with Gasteiger partial charge < -0.3 is 4.74 Å². The average Bonchev–Trinajstić information content (AvgIpc) is 3.27. The Bertz CT molecular complexity index is 1200. The van der Waals surface area contributed by atoms with Crippen molar-refractivity contribution >= 4 is 11.8 Å². The van der Waals surface area contributed by atoms with Crippen LogP contribution in [0, 0.1) is 13.8 Å². The van der Waals surface area contributed by atoms with E-state index in [1.807, 2.05) is 23.9 Å². The summed E-state index contributed by atoms with van der Waals surface area (Å²) in [5, 5.41) is 5.65. The van der Waals surface area contributed by atoms with Crippen molar-refractivity contribution in [1.82, 2.24) is 24.7 Å². The van der Waals surface area contributed by atoms with Crippen LogP contribution in [0.4, 0.5) is 0 Å². The van der Waals surface area contributed by atoms with Crippen LogP contribution in [0.25, 0.3) is 22.5 Å². The SMILES string of the molecule is CCOCCn1nc(-c2ccc(-c3ccccc3)cc2)nc1CCc1c(C)nc(SC)nc1C. The van der Waals surface area contributed by atoms with Crippen LogP contribution in [0.15, 0.2) is 59.8 Å². The predicted octanol–water partition coefficient (Wildman–Crippen LogP) is 5.56. The van der Waals surface area contributed by atoms with Gasteiger partial charge in [0.1, 0.15) is 5.82 Å². The molecule has 2 aromatic carbocycles. The highest BCUT2D eigenvalue weighted by Gasteiger charge is 2.15. The second-order valence-corrected chi connectivity index (χ2v) is 8.85. The molecule has 2 aromatic heterocycles. The molecule has 2 heterocycles. The monoisotopic (exact) mass is 473 g/mol. The van der Waals surface area contributed by atoms with Crippen molar-refractivity contribution in [3.8, 4) is 22.5 Å². The fraction of sp³-hybridized carbons (Fsp3) is 0.333. The van der Waals surface area contributed by atoms with Gasteiger partial charge in [0.2, 0.25) is 0 Å². The van der Waals surface area contributed by atoms with Crippen LogP contribution in [-0.2, 0) is 24.1 Å². The number of benzene rings is 2. The Morgan fingerprint density at radius 3 is 2.12 bits per heavy atom. The minimum absolute atomic E-state index is 0.614. The standard InChI is InChI=1S/C27H31N5OS/c1-5-33-18-17-32-25(16-15-24-19(2)28-27(34-4)29-20(24)3)30-26(31-32)23-13-11-22(12-14-23)21-9-7-6-8-10-21/h6-14H,5,15-18H2,1-4H3. The van der Waals surface area contributed by atoms with Gasteiger partial charge in [0.05, 0.1) is 13.2 Å². The molecule has 0 radical (unpaired) electrons. The van der Waals surface area contributed by atoms with Gasteiger partial charge in [0.15, 0.2) is 11.0 Å². The largest absolute Gasteiger partial charge is 0.380 e. The topological polar surface area (TPSA) is 65.7 Å². The highest BCUT2D eigenvalue weighted by Crippen LogP contribution is 2.24. The summed E-state index contributed by atoms with van der Waals surface area (Å²) in [4.78, 5) is 14.2. The number of aryl methyl sites for hydroxylation is 3. The number of aromatic nitrogens is 5. The number of rotatable bonds is 10. The normalized spacial score (nSPS) is 11.2. The van der Waals surface area contributed by atoms with E-state index in [4.69, 9.17) is 14.8 Å². The molecule has 0 bridgehead atoms. The zero-order valence-electron chi connectivity index (χ0n) is 20.3. The highest BCUT2D eigenvalue weighted by atomic mass is 32.2. The van der Waals surface area contributed by atoms with Crippen molar-refractivity contribution in [3.05, 3.63) is 77.4 Å². The molecule has 4 rings (SSSR count). The van der Waals surface area contributed by atoms with Crippen LogP contribution in [0.1, 0.15) is 29.7 Å². The third-order valence-electron chi connectivity index (χ3n) is 5.83. The molecule has 0 atom stereocenters. The summed E-state index contributed by atoms with van der Waals surface area (Å²) < 4.78 is 7.57. The summed E-state index contributed by atoms with van der Waals surface area (Å²) in [7, 11) is 0. The summed E-state index contributed by atoms with van der Waals surface area (Å²) in [5.74, 6) is 1.70. The molecule has 6 nitrogen and oxygen atoms in total. The van der Waals surface area contributed by atoms with Crippen LogP contribution in [0.5, 0.6) is 0 Å². The molecule has 7 heteroatoms. The van der Waals surface area contributed by atoms with E-state index in [1.165, 1.54) is 16.7 Å². The number of hydrogen-bond donors (Lipinski definition) is 0. The molecule has 4 aromatic rings. The van der Waals surface area contributed by atoms with Gasteiger partial charge in [0, 0.05) is 30.0 Å². The molecule has 0 unspecified atom stereocenters. The summed E-state index contributed by atoms with van der Waals surface area (Å²) in [6.45, 7) is 8.11. The Hall–Kier alpha value is -3.03. The first-order valence-corrected chi connectivity index (χ1v) is 12.9. The van der Waals surface area contributed by atoms with Gasteiger partial charge >= 0.3 is 0 Å². The lowest BCUT2D eigenvalue weighted by molar-refractivity contribution is 0.135. The molecule has 0 aliphatic heterocycles. The first-order valence-electron chi connectivity index (χ1n) is 11.6. The van der Waals surface area contributed by atoms with Crippen LogP contribution in [0.2, 0.25) is 0 Å². The van der Waals surface area contributed by atoms with E-state index in [2.05, 4.69) is 72.3 Å². The Morgan fingerprint density at radius 1 is 0.824 bits per heavy atom. The van der Waals surface area contributed by atoms with Crippen molar-refractivity contribution in [1.29, 1.82) is 0 Å². The summed E-state index contributed by atoms with van der Waals surface area (Å²) in [6.07, 6.45) is 3.60. The number of nitrogens with zero attached hydrogens (tertiary/aromatic N) is 5. The Balaban J connectivity index is 1.57. The van der Waals surface area contributed by atoms with Crippen molar-refractivity contribution in [2.75, 3.05) is 19.5 Å². The summed E-state index contributed by atoms with van der Waals surface area (Å²) >= 11 is 1.57. The fourth-order valence-corrected chi connectivity index (χ4v) is 4.45. The van der Waals surface area contributed by atoms with Crippen LogP contribution < -0.4 is 0 Å². The van der Waals surface area contributed by atoms with Gasteiger partial charge in [0.25, 0.3) is 0 Å². The quantitative estimate of drug-likeness (QED) is 0.171. The predicted molar refractivity (Wildman–Crippen MR) is 138 cm³/mol. The highest BCUT2D eigenvalue weighted by molar-refractivity contribution is 7.98. The molecule has 0 amide bonds. The molecule has 0 aliphatic carbocycles. The molecular formula is C27H31N5OS. The molecule has 176 valence electrons. The van der Waals surface area contributed by atoms with E-state index in [9.17, 15) is 0 Å². The Morgan fingerprint density at radius 2 is 1.47 bits per heavy atom. The van der Waals surface area contributed by atoms with Crippen LogP contribution >= 0.6 is 11.8 Å². The van der Waals surface area contributed by atoms with Crippen molar-refractivity contribution < 1.29 is 4.74 Å². The zero-order valence-corrected chi connectivity index (χ0v) is 21.1. The van der Waals surface area contributed by atoms with Gasteiger partial charge in [-0.2, -0.15) is 5.10 Å². The lowest BCUT2D eigenvalue weighted by atomic mass is 10.0.